The van der Waals surface area contributed by atoms with Gasteiger partial charge in [0.05, 0.1) is 0 Å². The fraction of sp³-hybridized carbons (Fsp3) is 0.400. The van der Waals surface area contributed by atoms with E-state index in [9.17, 15) is 0 Å². The van der Waals surface area contributed by atoms with E-state index in [-0.39, 0.29) is 21.1 Å². The van der Waals surface area contributed by atoms with Crippen molar-refractivity contribution >= 4 is 0 Å². The van der Waals surface area contributed by atoms with Crippen molar-refractivity contribution in [1.29, 1.82) is 0 Å². The Morgan fingerprint density at radius 2 is 2.14 bits per heavy atom. The third-order valence-electron chi connectivity index (χ3n) is 0.349. The first kappa shape index (κ1) is 10.3. The van der Waals surface area contributed by atoms with Crippen LogP contribution in [0.1, 0.15) is 6.92 Å². The van der Waals surface area contributed by atoms with Gasteiger partial charge >= 0.3 is 21.1 Å². The van der Waals surface area contributed by atoms with Gasteiger partial charge in [0.1, 0.15) is 0 Å². The van der Waals surface area contributed by atoms with Crippen LogP contribution >= 0.6 is 0 Å². The van der Waals surface area contributed by atoms with Crippen LogP contribution in [0.4, 0.5) is 0 Å². The summed E-state index contributed by atoms with van der Waals surface area (Å²) in [5.74, 6) is 0. The topological polar surface area (TPSA) is 3.24 Å². The van der Waals surface area contributed by atoms with Crippen molar-refractivity contribution in [3.63, 3.8) is 0 Å². The number of rotatable bonds is 1. The minimum Gasteiger partial charge on any atom is -0.562 e. The van der Waals surface area contributed by atoms with Gasteiger partial charge < -0.3 is 11.0 Å². The molecule has 0 unspecified atom stereocenters. The van der Waals surface area contributed by atoms with Crippen molar-refractivity contribution in [1.82, 2.24) is 4.90 Å². The van der Waals surface area contributed by atoms with E-state index in [1.807, 2.05) is 14.0 Å². The maximum atomic E-state index is 3.54. The molecule has 0 amide bonds. The molecule has 0 fully saturated rings. The van der Waals surface area contributed by atoms with Crippen molar-refractivity contribution < 1.29 is 21.1 Å². The third-order valence-corrected chi connectivity index (χ3v) is 0.349. The molecule has 0 radical (unpaired) electrons. The number of hydrogen-bond acceptors (Lipinski definition) is 1. The fourth-order valence-electron chi connectivity index (χ4n) is 0.220. The van der Waals surface area contributed by atoms with Gasteiger partial charge in [-0.15, -0.1) is 0 Å². The molecule has 0 aliphatic carbocycles. The Morgan fingerprint density at radius 1 is 1.71 bits per heavy atom. The molecule has 0 aromatic heterocycles. The van der Waals surface area contributed by atoms with Gasteiger partial charge in [-0.05, 0) is 7.05 Å². The molecule has 0 bridgehead atoms. The summed E-state index contributed by atoms with van der Waals surface area (Å²) >= 11 is 0. The molecule has 0 spiro atoms. The quantitative estimate of drug-likeness (QED) is 0.642. The summed E-state index contributed by atoms with van der Waals surface area (Å²) in [6, 6.07) is 0. The molecular formula is C5H9NW. The average molecular weight is 267 g/mol. The fourth-order valence-corrected chi connectivity index (χ4v) is 0.220. The van der Waals surface area contributed by atoms with Crippen molar-refractivity contribution in [2.75, 3.05) is 7.05 Å². The summed E-state index contributed by atoms with van der Waals surface area (Å²) in [6.07, 6.45) is 4.57. The molecule has 1 nitrogen and oxygen atoms in total. The summed E-state index contributed by atoms with van der Waals surface area (Å²) in [5.41, 5.74) is 0. The molecule has 0 atom stereocenters. The zero-order valence-corrected chi connectivity index (χ0v) is 7.57. The second kappa shape index (κ2) is 6.23. The van der Waals surface area contributed by atoms with E-state index in [4.69, 9.17) is 0 Å². The first-order valence-corrected chi connectivity index (χ1v) is 1.81. The molecule has 0 saturated heterocycles. The first-order valence-electron chi connectivity index (χ1n) is 1.81. The van der Waals surface area contributed by atoms with Crippen LogP contribution in [0.15, 0.2) is 6.20 Å². The van der Waals surface area contributed by atoms with E-state index in [1.54, 1.807) is 11.1 Å². The van der Waals surface area contributed by atoms with E-state index in [2.05, 4.69) is 13.1 Å². The normalized spacial score (nSPS) is 8.43. The Labute approximate surface area is 59.7 Å². The second-order valence-corrected chi connectivity index (χ2v) is 1.17. The zero-order chi connectivity index (χ0) is 4.99. The van der Waals surface area contributed by atoms with E-state index in [0.29, 0.717) is 0 Å². The van der Waals surface area contributed by atoms with Crippen LogP contribution in [0.25, 0.3) is 0 Å². The number of hydrogen-bond donors (Lipinski definition) is 0. The minimum absolute atomic E-state index is 0. The van der Waals surface area contributed by atoms with Crippen molar-refractivity contribution in [3.8, 4) is 0 Å². The van der Waals surface area contributed by atoms with Gasteiger partial charge in [0, 0.05) is 0 Å². The number of allylic oxidation sites excluding steroid dienone is 1. The van der Waals surface area contributed by atoms with Crippen LogP contribution in [0.2, 0.25) is 0 Å². The maximum Gasteiger partial charge on any atom is 2.00 e. The Morgan fingerprint density at radius 3 is 2.14 bits per heavy atom. The van der Waals surface area contributed by atoms with Gasteiger partial charge in [-0.25, -0.2) is 6.20 Å². The Bertz CT molecular complexity index is 50.0. The molecule has 0 aliphatic heterocycles. The molecule has 0 aromatic rings. The smallest absolute Gasteiger partial charge is 0.562 e. The molecule has 0 aromatic carbocycles. The van der Waals surface area contributed by atoms with E-state index < -0.39 is 0 Å². The van der Waals surface area contributed by atoms with Gasteiger partial charge in [0.15, 0.2) is 0 Å². The molecule has 0 rings (SSSR count). The van der Waals surface area contributed by atoms with Gasteiger partial charge in [0.25, 0.3) is 0 Å². The van der Waals surface area contributed by atoms with Gasteiger partial charge in [-0.3, -0.25) is 7.05 Å². The molecule has 40 valence electrons. The molecule has 0 heterocycles. The molecular weight excluding hydrogens is 258 g/mol. The summed E-state index contributed by atoms with van der Waals surface area (Å²) in [5, 5.41) is 0. The maximum absolute atomic E-state index is 3.54. The van der Waals surface area contributed by atoms with E-state index >= 15 is 0 Å². The van der Waals surface area contributed by atoms with Crippen LogP contribution in [0, 0.1) is 13.1 Å². The summed E-state index contributed by atoms with van der Waals surface area (Å²) in [6.45, 7) is 1.84. The third kappa shape index (κ3) is 10.7. The van der Waals surface area contributed by atoms with Crippen LogP contribution in [0.3, 0.4) is 0 Å². The molecule has 7 heavy (non-hydrogen) atoms. The van der Waals surface area contributed by atoms with Crippen molar-refractivity contribution in [2.24, 2.45) is 0 Å². The van der Waals surface area contributed by atoms with E-state index in [0.717, 1.165) is 0 Å². The summed E-state index contributed by atoms with van der Waals surface area (Å²) < 4.78 is 0. The minimum atomic E-state index is 0. The summed E-state index contributed by atoms with van der Waals surface area (Å²) in [4.78, 5) is 1.69. The Kier molecular flexibility index (Phi) is 9.13. The average Bonchev–Trinajstić information content (AvgIpc) is 1.35. The zero-order valence-electron chi connectivity index (χ0n) is 4.64. The first-order chi connectivity index (χ1) is 2.77. The standard InChI is InChI=1S/C5H9N.W/c1-4-5-6(2)3;/h5H,2H2,1,3H3;/q-2;+2. The van der Waals surface area contributed by atoms with Crippen molar-refractivity contribution in [2.45, 2.75) is 6.92 Å². The van der Waals surface area contributed by atoms with Gasteiger partial charge in [-0.2, -0.15) is 6.92 Å². The SMILES string of the molecule is [CH2-]N(C)C=[C-]C.[W+2]. The molecule has 0 aliphatic rings. The molecule has 2 heteroatoms. The van der Waals surface area contributed by atoms with E-state index in [1.165, 1.54) is 0 Å². The van der Waals surface area contributed by atoms with Gasteiger partial charge in [-0.1, -0.05) is 0 Å². The van der Waals surface area contributed by atoms with Crippen molar-refractivity contribution in [3.05, 3.63) is 19.3 Å². The van der Waals surface area contributed by atoms with Crippen LogP contribution in [-0.2, 0) is 21.1 Å². The number of nitrogens with zero attached hydrogens (tertiary/aromatic N) is 1. The van der Waals surface area contributed by atoms with Crippen LogP contribution in [0.5, 0.6) is 0 Å². The Balaban J connectivity index is 0. The monoisotopic (exact) mass is 267 g/mol. The largest absolute Gasteiger partial charge is 2.00 e. The Hall–Kier alpha value is 0.228. The van der Waals surface area contributed by atoms with Crippen LogP contribution < -0.4 is 0 Å². The summed E-state index contributed by atoms with van der Waals surface area (Å²) in [7, 11) is 5.40. The van der Waals surface area contributed by atoms with Gasteiger partial charge in [0.2, 0.25) is 0 Å². The predicted molar refractivity (Wildman–Crippen MR) is 26.6 cm³/mol. The second-order valence-electron chi connectivity index (χ2n) is 1.17. The van der Waals surface area contributed by atoms with Crippen LogP contribution in [-0.4, -0.2) is 11.9 Å². The molecule has 0 N–H and O–H groups in total. The molecule has 0 saturated carbocycles. The predicted octanol–water partition coefficient (Wildman–Crippen LogP) is 1.04.